The highest BCUT2D eigenvalue weighted by Crippen LogP contribution is 2.26. The normalized spacial score (nSPS) is 23.1. The molecule has 3 rings (SSSR count). The highest BCUT2D eigenvalue weighted by molar-refractivity contribution is 6.31. The van der Waals surface area contributed by atoms with Gasteiger partial charge in [0.15, 0.2) is 0 Å². The molecule has 0 bridgehead atoms. The topological polar surface area (TPSA) is 32.8 Å². The zero-order valence-electron chi connectivity index (χ0n) is 13.1. The number of ether oxygens (including phenoxy) is 1. The van der Waals surface area contributed by atoms with Crippen LogP contribution in [0.4, 0.5) is 0 Å². The van der Waals surface area contributed by atoms with Gasteiger partial charge in [0.2, 0.25) is 5.91 Å². The first-order chi connectivity index (χ1) is 10.7. The van der Waals surface area contributed by atoms with Crippen molar-refractivity contribution >= 4 is 17.5 Å². The predicted molar refractivity (Wildman–Crippen MR) is 87.3 cm³/mol. The summed E-state index contributed by atoms with van der Waals surface area (Å²) in [4.78, 5) is 16.4. The second kappa shape index (κ2) is 6.88. The van der Waals surface area contributed by atoms with Gasteiger partial charge in [0, 0.05) is 37.1 Å². The monoisotopic (exact) mass is 322 g/mol. The van der Waals surface area contributed by atoms with Crippen LogP contribution in [0.25, 0.3) is 0 Å². The van der Waals surface area contributed by atoms with Crippen molar-refractivity contribution in [3.8, 4) is 5.75 Å². The molecule has 22 heavy (non-hydrogen) atoms. The molecule has 0 unspecified atom stereocenters. The molecule has 1 amide bonds. The minimum atomic E-state index is 0.328. The van der Waals surface area contributed by atoms with Crippen molar-refractivity contribution in [1.82, 2.24) is 9.80 Å². The van der Waals surface area contributed by atoms with E-state index >= 15 is 0 Å². The van der Waals surface area contributed by atoms with Gasteiger partial charge in [-0.15, -0.1) is 0 Å². The van der Waals surface area contributed by atoms with Crippen LogP contribution in [0.5, 0.6) is 5.75 Å². The lowest BCUT2D eigenvalue weighted by atomic mass is 10.0. The molecule has 120 valence electrons. The van der Waals surface area contributed by atoms with Crippen LogP contribution in [0.2, 0.25) is 5.02 Å². The molecule has 0 N–H and O–H groups in total. The van der Waals surface area contributed by atoms with Gasteiger partial charge in [0.25, 0.3) is 0 Å². The van der Waals surface area contributed by atoms with E-state index in [1.807, 2.05) is 18.2 Å². The van der Waals surface area contributed by atoms with Crippen molar-refractivity contribution in [2.45, 2.75) is 38.3 Å². The molecule has 2 heterocycles. The van der Waals surface area contributed by atoms with Crippen LogP contribution >= 0.6 is 11.6 Å². The summed E-state index contributed by atoms with van der Waals surface area (Å²) < 4.78 is 5.19. The SMILES string of the molecule is COc1ccc(CN2CCC[C@H](N3CCCC3=O)C2)c(Cl)c1. The maximum atomic E-state index is 11.9. The summed E-state index contributed by atoms with van der Waals surface area (Å²) in [5, 5.41) is 0.749. The van der Waals surface area contributed by atoms with Crippen LogP contribution in [-0.4, -0.2) is 48.5 Å². The van der Waals surface area contributed by atoms with E-state index < -0.39 is 0 Å². The van der Waals surface area contributed by atoms with E-state index in [0.717, 1.165) is 68.2 Å². The van der Waals surface area contributed by atoms with Gasteiger partial charge >= 0.3 is 0 Å². The molecule has 0 aromatic heterocycles. The summed E-state index contributed by atoms with van der Waals surface area (Å²) in [5.41, 5.74) is 1.12. The Hall–Kier alpha value is -1.26. The number of carbonyl (C=O) groups excluding carboxylic acids is 1. The molecule has 0 spiro atoms. The van der Waals surface area contributed by atoms with Crippen LogP contribution in [-0.2, 0) is 11.3 Å². The number of halogens is 1. The Labute approximate surface area is 137 Å². The van der Waals surface area contributed by atoms with Gasteiger partial charge in [-0.1, -0.05) is 17.7 Å². The lowest BCUT2D eigenvalue weighted by Gasteiger charge is -2.37. The zero-order valence-corrected chi connectivity index (χ0v) is 13.8. The van der Waals surface area contributed by atoms with Crippen molar-refractivity contribution in [3.05, 3.63) is 28.8 Å². The van der Waals surface area contributed by atoms with Crippen LogP contribution in [0.15, 0.2) is 18.2 Å². The minimum Gasteiger partial charge on any atom is -0.497 e. The fraction of sp³-hybridized carbons (Fsp3) is 0.588. The fourth-order valence-electron chi connectivity index (χ4n) is 3.51. The number of likely N-dealkylation sites (tertiary alicyclic amines) is 2. The molecule has 0 aliphatic carbocycles. The Morgan fingerprint density at radius 1 is 1.32 bits per heavy atom. The van der Waals surface area contributed by atoms with E-state index in [9.17, 15) is 4.79 Å². The van der Waals surface area contributed by atoms with E-state index in [1.165, 1.54) is 0 Å². The molecule has 5 heteroatoms. The number of piperidine rings is 1. The molecule has 0 saturated carbocycles. The third-order valence-corrected chi connectivity index (χ3v) is 5.04. The highest BCUT2D eigenvalue weighted by atomic mass is 35.5. The van der Waals surface area contributed by atoms with Gasteiger partial charge in [-0.05, 0) is 43.5 Å². The first-order valence-corrected chi connectivity index (χ1v) is 8.39. The molecule has 1 atom stereocenters. The van der Waals surface area contributed by atoms with E-state index in [1.54, 1.807) is 7.11 Å². The number of hydrogen-bond donors (Lipinski definition) is 0. The number of amides is 1. The molecule has 2 saturated heterocycles. The Kier molecular flexibility index (Phi) is 4.89. The van der Waals surface area contributed by atoms with Crippen molar-refractivity contribution in [3.63, 3.8) is 0 Å². The van der Waals surface area contributed by atoms with Gasteiger partial charge in [-0.3, -0.25) is 9.69 Å². The molecule has 2 fully saturated rings. The number of carbonyl (C=O) groups is 1. The summed E-state index contributed by atoms with van der Waals surface area (Å²) in [6.07, 6.45) is 4.00. The first kappa shape index (κ1) is 15.6. The molecule has 1 aromatic carbocycles. The average Bonchev–Trinajstić information content (AvgIpc) is 2.96. The molecular weight excluding hydrogens is 300 g/mol. The van der Waals surface area contributed by atoms with Crippen LogP contribution in [0.1, 0.15) is 31.2 Å². The summed E-state index contributed by atoms with van der Waals surface area (Å²) >= 11 is 6.34. The summed E-state index contributed by atoms with van der Waals surface area (Å²) in [5.74, 6) is 1.11. The van der Waals surface area contributed by atoms with E-state index in [2.05, 4.69) is 9.80 Å². The molecular formula is C17H23ClN2O2. The lowest BCUT2D eigenvalue weighted by molar-refractivity contribution is -0.130. The third kappa shape index (κ3) is 3.39. The predicted octanol–water partition coefficient (Wildman–Crippen LogP) is 2.94. The highest BCUT2D eigenvalue weighted by Gasteiger charge is 2.31. The number of hydrogen-bond acceptors (Lipinski definition) is 3. The maximum Gasteiger partial charge on any atom is 0.222 e. The van der Waals surface area contributed by atoms with Crippen molar-refractivity contribution < 1.29 is 9.53 Å². The van der Waals surface area contributed by atoms with Crippen LogP contribution < -0.4 is 4.74 Å². The number of benzene rings is 1. The van der Waals surface area contributed by atoms with Crippen LogP contribution in [0.3, 0.4) is 0 Å². The Morgan fingerprint density at radius 2 is 2.18 bits per heavy atom. The summed E-state index contributed by atoms with van der Waals surface area (Å²) in [6.45, 7) is 3.79. The van der Waals surface area contributed by atoms with Gasteiger partial charge in [-0.2, -0.15) is 0 Å². The maximum absolute atomic E-state index is 11.9. The number of rotatable bonds is 4. The standard InChI is InChI=1S/C17H23ClN2O2/c1-22-15-7-6-13(16(18)10-15)11-19-8-2-4-14(12-19)20-9-3-5-17(20)21/h6-7,10,14H,2-5,8-9,11-12H2,1H3/t14-/m0/s1. The van der Waals surface area contributed by atoms with E-state index in [0.29, 0.717) is 11.9 Å². The van der Waals surface area contributed by atoms with Crippen molar-refractivity contribution in [2.75, 3.05) is 26.7 Å². The Morgan fingerprint density at radius 3 is 2.86 bits per heavy atom. The molecule has 4 nitrogen and oxygen atoms in total. The lowest BCUT2D eigenvalue weighted by Crippen LogP contribution is -2.48. The van der Waals surface area contributed by atoms with Gasteiger partial charge < -0.3 is 9.64 Å². The van der Waals surface area contributed by atoms with Gasteiger partial charge in [-0.25, -0.2) is 0 Å². The molecule has 1 aromatic rings. The minimum absolute atomic E-state index is 0.328. The smallest absolute Gasteiger partial charge is 0.222 e. The summed E-state index contributed by atoms with van der Waals surface area (Å²) in [7, 11) is 1.65. The first-order valence-electron chi connectivity index (χ1n) is 8.01. The second-order valence-corrected chi connectivity index (χ2v) is 6.59. The van der Waals surface area contributed by atoms with Crippen molar-refractivity contribution in [1.29, 1.82) is 0 Å². The zero-order chi connectivity index (χ0) is 15.5. The van der Waals surface area contributed by atoms with Gasteiger partial charge in [0.05, 0.1) is 7.11 Å². The number of methoxy groups -OCH3 is 1. The second-order valence-electron chi connectivity index (χ2n) is 6.18. The fourth-order valence-corrected chi connectivity index (χ4v) is 3.74. The van der Waals surface area contributed by atoms with Gasteiger partial charge in [0.1, 0.15) is 5.75 Å². The quantitative estimate of drug-likeness (QED) is 0.854. The number of nitrogens with zero attached hydrogens (tertiary/aromatic N) is 2. The van der Waals surface area contributed by atoms with E-state index in [-0.39, 0.29) is 0 Å². The van der Waals surface area contributed by atoms with Crippen LogP contribution in [0, 0.1) is 0 Å². The van der Waals surface area contributed by atoms with Crippen molar-refractivity contribution in [2.24, 2.45) is 0 Å². The summed E-state index contributed by atoms with van der Waals surface area (Å²) in [6, 6.07) is 6.22. The molecule has 2 aliphatic rings. The molecule has 2 aliphatic heterocycles. The third-order valence-electron chi connectivity index (χ3n) is 4.69. The average molecular weight is 323 g/mol. The van der Waals surface area contributed by atoms with E-state index in [4.69, 9.17) is 16.3 Å². The largest absolute Gasteiger partial charge is 0.497 e. The Bertz CT molecular complexity index is 549. The Balaban J connectivity index is 1.64. The molecule has 0 radical (unpaired) electrons.